The number of esters is 1. The van der Waals surface area contributed by atoms with Gasteiger partial charge in [-0.15, -0.1) is 11.3 Å². The van der Waals surface area contributed by atoms with Crippen LogP contribution in [-0.2, 0) is 4.74 Å². The minimum absolute atomic E-state index is 0.0715. The van der Waals surface area contributed by atoms with Crippen LogP contribution < -0.4 is 5.32 Å². The molecule has 0 aliphatic carbocycles. The number of ether oxygens (including phenoxy) is 1. The normalized spacial score (nSPS) is 10.3. The Labute approximate surface area is 147 Å². The number of carbonyl (C=O) groups excluding carboxylic acids is 2. The van der Waals surface area contributed by atoms with E-state index in [1.807, 2.05) is 6.92 Å². The second kappa shape index (κ2) is 8.36. The fraction of sp³-hybridized carbons (Fsp3) is 0.250. The van der Waals surface area contributed by atoms with Gasteiger partial charge in [0.1, 0.15) is 0 Å². The number of nitro groups is 1. The van der Waals surface area contributed by atoms with Gasteiger partial charge >= 0.3 is 5.97 Å². The number of ketones is 1. The van der Waals surface area contributed by atoms with Gasteiger partial charge in [0.15, 0.2) is 6.61 Å². The summed E-state index contributed by atoms with van der Waals surface area (Å²) in [5.41, 5.74) is -0.0661. The number of aliphatic hydroxyl groups is 1. The van der Waals surface area contributed by atoms with Crippen LogP contribution in [0.1, 0.15) is 24.9 Å². The smallest absolute Gasteiger partial charge is 0.340 e. The highest BCUT2D eigenvalue weighted by atomic mass is 32.1. The molecule has 0 bridgehead atoms. The SMILES string of the molecule is Cc1ccc(C(=O)COC(=O)c2cc([N+](=O)[O-])ccc2NCCO)s1. The van der Waals surface area contributed by atoms with E-state index < -0.39 is 17.5 Å². The lowest BCUT2D eigenvalue weighted by Crippen LogP contribution is -2.16. The third-order valence-corrected chi connectivity index (χ3v) is 4.25. The van der Waals surface area contributed by atoms with Crippen LogP contribution in [0.4, 0.5) is 11.4 Å². The van der Waals surface area contributed by atoms with Gasteiger partial charge in [0.2, 0.25) is 5.78 Å². The van der Waals surface area contributed by atoms with Crippen molar-refractivity contribution in [1.29, 1.82) is 0 Å². The summed E-state index contributed by atoms with van der Waals surface area (Å²) in [4.78, 5) is 35.9. The molecule has 8 nitrogen and oxygen atoms in total. The Morgan fingerprint density at radius 2 is 2.08 bits per heavy atom. The summed E-state index contributed by atoms with van der Waals surface area (Å²) in [6, 6.07) is 7.10. The second-order valence-corrected chi connectivity index (χ2v) is 6.33. The first kappa shape index (κ1) is 18.6. The number of aryl methyl sites for hydroxylation is 1. The number of hydrogen-bond donors (Lipinski definition) is 2. The van der Waals surface area contributed by atoms with Crippen molar-refractivity contribution >= 4 is 34.5 Å². The first-order chi connectivity index (χ1) is 11.9. The van der Waals surface area contributed by atoms with Crippen molar-refractivity contribution in [2.75, 3.05) is 25.1 Å². The minimum Gasteiger partial charge on any atom is -0.454 e. The van der Waals surface area contributed by atoms with Gasteiger partial charge in [-0.2, -0.15) is 0 Å². The molecule has 0 saturated carbocycles. The molecule has 1 aromatic carbocycles. The summed E-state index contributed by atoms with van der Waals surface area (Å²) in [6.07, 6.45) is 0. The second-order valence-electron chi connectivity index (χ2n) is 5.05. The third-order valence-electron chi connectivity index (χ3n) is 3.21. The van der Waals surface area contributed by atoms with Crippen molar-refractivity contribution in [2.24, 2.45) is 0 Å². The van der Waals surface area contributed by atoms with Crippen LogP contribution in [0.3, 0.4) is 0 Å². The maximum atomic E-state index is 12.2. The molecule has 0 unspecified atom stereocenters. The average Bonchev–Trinajstić information content (AvgIpc) is 3.03. The highest BCUT2D eigenvalue weighted by Gasteiger charge is 2.19. The standard InChI is InChI=1S/C16H16N2O6S/c1-10-2-5-15(25-10)14(20)9-24-16(21)12-8-11(18(22)23)3-4-13(12)17-6-7-19/h2-5,8,17,19H,6-7,9H2,1H3. The molecule has 2 N–H and O–H groups in total. The van der Waals surface area contributed by atoms with E-state index in [4.69, 9.17) is 9.84 Å². The van der Waals surface area contributed by atoms with Crippen LogP contribution in [-0.4, -0.2) is 41.5 Å². The highest BCUT2D eigenvalue weighted by Crippen LogP contribution is 2.23. The highest BCUT2D eigenvalue weighted by molar-refractivity contribution is 7.14. The van der Waals surface area contributed by atoms with Crippen molar-refractivity contribution in [3.8, 4) is 0 Å². The molecule has 0 spiro atoms. The summed E-state index contributed by atoms with van der Waals surface area (Å²) in [5.74, 6) is -1.20. The van der Waals surface area contributed by atoms with Crippen LogP contribution >= 0.6 is 11.3 Å². The van der Waals surface area contributed by atoms with E-state index in [1.54, 1.807) is 12.1 Å². The molecule has 9 heteroatoms. The van der Waals surface area contributed by atoms with E-state index >= 15 is 0 Å². The van der Waals surface area contributed by atoms with Crippen LogP contribution in [0.2, 0.25) is 0 Å². The van der Waals surface area contributed by atoms with Crippen molar-refractivity contribution in [3.63, 3.8) is 0 Å². The van der Waals surface area contributed by atoms with E-state index in [9.17, 15) is 19.7 Å². The molecule has 0 fully saturated rings. The van der Waals surface area contributed by atoms with Crippen LogP contribution in [0.25, 0.3) is 0 Å². The topological polar surface area (TPSA) is 119 Å². The number of Topliss-reactive ketones (excluding diaryl/α,β-unsaturated/α-hetero) is 1. The van der Waals surface area contributed by atoms with Gasteiger partial charge in [-0.3, -0.25) is 14.9 Å². The van der Waals surface area contributed by atoms with Crippen molar-refractivity contribution in [1.82, 2.24) is 0 Å². The number of hydrogen-bond acceptors (Lipinski definition) is 8. The largest absolute Gasteiger partial charge is 0.454 e. The van der Waals surface area contributed by atoms with Gasteiger partial charge in [0.05, 0.1) is 22.0 Å². The van der Waals surface area contributed by atoms with Gasteiger partial charge in [-0.1, -0.05) is 0 Å². The zero-order valence-electron chi connectivity index (χ0n) is 13.4. The Morgan fingerprint density at radius 3 is 2.68 bits per heavy atom. The third kappa shape index (κ3) is 4.85. The number of anilines is 1. The van der Waals surface area contributed by atoms with Crippen LogP contribution in [0.5, 0.6) is 0 Å². The van der Waals surface area contributed by atoms with Gasteiger partial charge in [-0.05, 0) is 25.1 Å². The number of aliphatic hydroxyl groups excluding tert-OH is 1. The maximum absolute atomic E-state index is 12.2. The molecule has 0 atom stereocenters. The molecule has 0 aliphatic rings. The van der Waals surface area contributed by atoms with Gasteiger partial charge < -0.3 is 15.2 Å². The van der Waals surface area contributed by atoms with E-state index in [1.165, 1.54) is 23.5 Å². The lowest BCUT2D eigenvalue weighted by molar-refractivity contribution is -0.384. The van der Waals surface area contributed by atoms with E-state index in [0.717, 1.165) is 10.9 Å². The number of non-ortho nitro benzene ring substituents is 1. The van der Waals surface area contributed by atoms with Crippen molar-refractivity contribution < 1.29 is 24.4 Å². The van der Waals surface area contributed by atoms with Gasteiger partial charge in [0, 0.05) is 29.2 Å². The molecular formula is C16H16N2O6S. The zero-order chi connectivity index (χ0) is 18.4. The monoisotopic (exact) mass is 364 g/mol. The first-order valence-corrected chi connectivity index (χ1v) is 8.14. The fourth-order valence-electron chi connectivity index (χ4n) is 2.02. The molecule has 0 amide bonds. The zero-order valence-corrected chi connectivity index (χ0v) is 14.2. The Bertz CT molecular complexity index is 802. The molecule has 1 heterocycles. The van der Waals surface area contributed by atoms with E-state index in [-0.39, 0.29) is 35.9 Å². The minimum atomic E-state index is -0.856. The van der Waals surface area contributed by atoms with Gasteiger partial charge in [-0.25, -0.2) is 4.79 Å². The molecule has 132 valence electrons. The number of nitro benzene ring substituents is 1. The van der Waals surface area contributed by atoms with E-state index in [0.29, 0.717) is 4.88 Å². The number of carbonyl (C=O) groups is 2. The quantitative estimate of drug-likeness (QED) is 0.319. The fourth-order valence-corrected chi connectivity index (χ4v) is 2.82. The van der Waals surface area contributed by atoms with Crippen molar-refractivity contribution in [2.45, 2.75) is 6.92 Å². The van der Waals surface area contributed by atoms with Crippen LogP contribution in [0.15, 0.2) is 30.3 Å². The number of rotatable bonds is 8. The number of thiophene rings is 1. The summed E-state index contributed by atoms with van der Waals surface area (Å²) in [5, 5.41) is 22.5. The van der Waals surface area contributed by atoms with Crippen LogP contribution in [0, 0.1) is 17.0 Å². The molecule has 1 aromatic heterocycles. The number of nitrogens with zero attached hydrogens (tertiary/aromatic N) is 1. The lowest BCUT2D eigenvalue weighted by atomic mass is 10.1. The molecule has 0 aliphatic heterocycles. The lowest BCUT2D eigenvalue weighted by Gasteiger charge is -2.10. The molecule has 0 saturated heterocycles. The summed E-state index contributed by atoms with van der Waals surface area (Å²) in [6.45, 7) is 1.38. The first-order valence-electron chi connectivity index (χ1n) is 7.32. The Morgan fingerprint density at radius 1 is 1.32 bits per heavy atom. The summed E-state index contributed by atoms with van der Waals surface area (Å²) in [7, 11) is 0. The maximum Gasteiger partial charge on any atom is 0.340 e. The Kier molecular flexibility index (Phi) is 6.20. The number of nitrogens with one attached hydrogen (secondary N) is 1. The van der Waals surface area contributed by atoms with Gasteiger partial charge in [0.25, 0.3) is 5.69 Å². The molecule has 25 heavy (non-hydrogen) atoms. The average molecular weight is 364 g/mol. The van der Waals surface area contributed by atoms with Crippen molar-refractivity contribution in [3.05, 3.63) is 55.8 Å². The molecule has 2 rings (SSSR count). The molecule has 2 aromatic rings. The molecule has 0 radical (unpaired) electrons. The predicted octanol–water partition coefficient (Wildman–Crippen LogP) is 2.41. The predicted molar refractivity (Wildman–Crippen MR) is 92.3 cm³/mol. The molecular weight excluding hydrogens is 348 g/mol. The number of benzene rings is 1. The van der Waals surface area contributed by atoms with E-state index in [2.05, 4.69) is 5.32 Å². The summed E-state index contributed by atoms with van der Waals surface area (Å²) < 4.78 is 5.00. The summed E-state index contributed by atoms with van der Waals surface area (Å²) >= 11 is 1.29. The Balaban J connectivity index is 2.14. The Hall–Kier alpha value is -2.78.